The highest BCUT2D eigenvalue weighted by Crippen LogP contribution is 2.30. The molecule has 138 valence electrons. The van der Waals surface area contributed by atoms with Gasteiger partial charge in [-0.15, -0.1) is 0 Å². The fourth-order valence-electron chi connectivity index (χ4n) is 3.69. The van der Waals surface area contributed by atoms with Gasteiger partial charge in [0.25, 0.3) is 0 Å². The molecule has 0 saturated heterocycles. The standard InChI is InChI=1S/C22H22ClN3O/c23-18-11-9-16(10-12-18)13-22(27)25-20-7-4-8-21-19(20)14-24-26(21)15-17-5-2-1-3-6-17/h1-3,5-6,9-12,14,20H,4,7-8,13,15H2,(H,25,27)/t20-/m1/s1. The van der Waals surface area contributed by atoms with Crippen molar-refractivity contribution in [3.63, 3.8) is 0 Å². The second-order valence-electron chi connectivity index (χ2n) is 7.01. The Morgan fingerprint density at radius 1 is 1.11 bits per heavy atom. The van der Waals surface area contributed by atoms with Crippen LogP contribution in [0.2, 0.25) is 5.02 Å². The molecule has 1 aromatic heterocycles. The summed E-state index contributed by atoms with van der Waals surface area (Å²) in [5, 5.41) is 8.47. The highest BCUT2D eigenvalue weighted by atomic mass is 35.5. The molecule has 0 bridgehead atoms. The molecule has 27 heavy (non-hydrogen) atoms. The summed E-state index contributed by atoms with van der Waals surface area (Å²) in [5.41, 5.74) is 4.59. The summed E-state index contributed by atoms with van der Waals surface area (Å²) in [5.74, 6) is 0.0333. The van der Waals surface area contributed by atoms with Crippen molar-refractivity contribution in [1.82, 2.24) is 15.1 Å². The van der Waals surface area contributed by atoms with Crippen molar-refractivity contribution in [2.45, 2.75) is 38.3 Å². The van der Waals surface area contributed by atoms with Gasteiger partial charge in [0.2, 0.25) is 5.91 Å². The minimum Gasteiger partial charge on any atom is -0.349 e. The van der Waals surface area contributed by atoms with Gasteiger partial charge in [0.1, 0.15) is 0 Å². The van der Waals surface area contributed by atoms with Gasteiger partial charge in [-0.25, -0.2) is 0 Å². The first-order valence-corrected chi connectivity index (χ1v) is 9.69. The van der Waals surface area contributed by atoms with Crippen LogP contribution in [0, 0.1) is 0 Å². The maximum Gasteiger partial charge on any atom is 0.224 e. The summed E-state index contributed by atoms with van der Waals surface area (Å²) < 4.78 is 2.07. The van der Waals surface area contributed by atoms with Gasteiger partial charge in [-0.2, -0.15) is 5.10 Å². The van der Waals surface area contributed by atoms with E-state index in [2.05, 4.69) is 27.2 Å². The third-order valence-electron chi connectivity index (χ3n) is 5.05. The van der Waals surface area contributed by atoms with Crippen molar-refractivity contribution in [2.24, 2.45) is 0 Å². The molecule has 1 heterocycles. The topological polar surface area (TPSA) is 46.9 Å². The van der Waals surface area contributed by atoms with E-state index in [0.29, 0.717) is 11.4 Å². The van der Waals surface area contributed by atoms with Gasteiger partial charge in [-0.1, -0.05) is 54.1 Å². The van der Waals surface area contributed by atoms with Gasteiger partial charge in [0, 0.05) is 16.3 Å². The van der Waals surface area contributed by atoms with E-state index in [1.54, 1.807) is 0 Å². The van der Waals surface area contributed by atoms with Crippen LogP contribution in [0.1, 0.15) is 41.3 Å². The maximum atomic E-state index is 12.5. The first kappa shape index (κ1) is 17.8. The number of hydrogen-bond acceptors (Lipinski definition) is 2. The zero-order valence-corrected chi connectivity index (χ0v) is 15.8. The number of nitrogens with one attached hydrogen (secondary N) is 1. The molecule has 0 spiro atoms. The van der Waals surface area contributed by atoms with Gasteiger partial charge < -0.3 is 5.32 Å². The van der Waals surface area contributed by atoms with Crippen molar-refractivity contribution in [3.8, 4) is 0 Å². The largest absolute Gasteiger partial charge is 0.349 e. The molecule has 0 radical (unpaired) electrons. The Bertz CT molecular complexity index is 918. The minimum absolute atomic E-state index is 0.0333. The van der Waals surface area contributed by atoms with Gasteiger partial charge in [-0.3, -0.25) is 9.48 Å². The first-order chi connectivity index (χ1) is 13.2. The van der Waals surface area contributed by atoms with E-state index in [0.717, 1.165) is 36.9 Å². The Balaban J connectivity index is 1.45. The maximum absolute atomic E-state index is 12.5. The van der Waals surface area contributed by atoms with Crippen molar-refractivity contribution in [3.05, 3.63) is 88.2 Å². The van der Waals surface area contributed by atoms with Gasteiger partial charge in [-0.05, 0) is 42.5 Å². The SMILES string of the molecule is O=C(Cc1ccc(Cl)cc1)N[C@@H]1CCCc2c1cnn2Cc1ccccc1. The van der Waals surface area contributed by atoms with Crippen LogP contribution >= 0.6 is 11.6 Å². The van der Waals surface area contributed by atoms with Crippen LogP contribution in [0.4, 0.5) is 0 Å². The predicted molar refractivity (Wildman–Crippen MR) is 107 cm³/mol. The van der Waals surface area contributed by atoms with Crippen LogP contribution in [0.25, 0.3) is 0 Å². The lowest BCUT2D eigenvalue weighted by atomic mass is 9.92. The lowest BCUT2D eigenvalue weighted by Gasteiger charge is -2.24. The molecule has 0 aliphatic heterocycles. The quantitative estimate of drug-likeness (QED) is 0.717. The summed E-state index contributed by atoms with van der Waals surface area (Å²) in [4.78, 5) is 12.5. The average molecular weight is 380 g/mol. The number of aromatic nitrogens is 2. The van der Waals surface area contributed by atoms with Crippen LogP contribution in [-0.2, 0) is 24.2 Å². The molecule has 0 saturated carbocycles. The molecule has 1 aliphatic rings. The van der Waals surface area contributed by atoms with E-state index < -0.39 is 0 Å². The zero-order valence-electron chi connectivity index (χ0n) is 15.1. The Morgan fingerprint density at radius 3 is 2.67 bits per heavy atom. The van der Waals surface area contributed by atoms with Crippen molar-refractivity contribution >= 4 is 17.5 Å². The monoisotopic (exact) mass is 379 g/mol. The molecule has 4 nitrogen and oxygen atoms in total. The lowest BCUT2D eigenvalue weighted by Crippen LogP contribution is -2.32. The number of carbonyl (C=O) groups is 1. The minimum atomic E-state index is 0.0333. The molecule has 3 aromatic rings. The Hall–Kier alpha value is -2.59. The first-order valence-electron chi connectivity index (χ1n) is 9.31. The van der Waals surface area contributed by atoms with Crippen LogP contribution in [-0.4, -0.2) is 15.7 Å². The van der Waals surface area contributed by atoms with Crippen molar-refractivity contribution in [1.29, 1.82) is 0 Å². The van der Waals surface area contributed by atoms with E-state index in [1.807, 2.05) is 48.7 Å². The number of fused-ring (bicyclic) bond motifs is 1. The number of amides is 1. The normalized spacial score (nSPS) is 16.0. The number of hydrogen-bond donors (Lipinski definition) is 1. The highest BCUT2D eigenvalue weighted by molar-refractivity contribution is 6.30. The highest BCUT2D eigenvalue weighted by Gasteiger charge is 2.25. The molecular formula is C22H22ClN3O. The third kappa shape index (κ3) is 4.22. The number of rotatable bonds is 5. The third-order valence-corrected chi connectivity index (χ3v) is 5.30. The van der Waals surface area contributed by atoms with Crippen LogP contribution in [0.3, 0.4) is 0 Å². The molecular weight excluding hydrogens is 358 g/mol. The van der Waals surface area contributed by atoms with E-state index in [-0.39, 0.29) is 11.9 Å². The van der Waals surface area contributed by atoms with E-state index in [9.17, 15) is 4.79 Å². The molecule has 1 N–H and O–H groups in total. The molecule has 1 amide bonds. The average Bonchev–Trinajstić information content (AvgIpc) is 3.08. The van der Waals surface area contributed by atoms with Crippen LogP contribution < -0.4 is 5.32 Å². The van der Waals surface area contributed by atoms with Gasteiger partial charge in [0.05, 0.1) is 25.2 Å². The Labute approximate surface area is 164 Å². The molecule has 5 heteroatoms. The Kier molecular flexibility index (Phi) is 5.26. The summed E-state index contributed by atoms with van der Waals surface area (Å²) in [6.07, 6.45) is 5.30. The smallest absolute Gasteiger partial charge is 0.224 e. The predicted octanol–water partition coefficient (Wildman–Crippen LogP) is 4.32. The molecule has 4 rings (SSSR count). The summed E-state index contributed by atoms with van der Waals surface area (Å²) >= 11 is 5.91. The molecule has 0 fully saturated rings. The van der Waals surface area contributed by atoms with Crippen LogP contribution in [0.15, 0.2) is 60.8 Å². The Morgan fingerprint density at radius 2 is 1.89 bits per heavy atom. The van der Waals surface area contributed by atoms with E-state index in [4.69, 9.17) is 11.6 Å². The summed E-state index contributed by atoms with van der Waals surface area (Å²) in [6, 6.07) is 17.8. The molecule has 1 aliphatic carbocycles. The molecule has 2 aromatic carbocycles. The van der Waals surface area contributed by atoms with Crippen LogP contribution in [0.5, 0.6) is 0 Å². The lowest BCUT2D eigenvalue weighted by molar-refractivity contribution is -0.121. The fourth-order valence-corrected chi connectivity index (χ4v) is 3.82. The number of carbonyl (C=O) groups excluding carboxylic acids is 1. The van der Waals surface area contributed by atoms with E-state index >= 15 is 0 Å². The number of halogens is 1. The van der Waals surface area contributed by atoms with Crippen molar-refractivity contribution < 1.29 is 4.79 Å². The number of benzene rings is 2. The van der Waals surface area contributed by atoms with Gasteiger partial charge >= 0.3 is 0 Å². The summed E-state index contributed by atoms with van der Waals surface area (Å²) in [6.45, 7) is 0.765. The molecule has 0 unspecified atom stereocenters. The van der Waals surface area contributed by atoms with Crippen molar-refractivity contribution in [2.75, 3.05) is 0 Å². The molecule has 1 atom stereocenters. The summed E-state index contributed by atoms with van der Waals surface area (Å²) in [7, 11) is 0. The number of nitrogens with zero attached hydrogens (tertiary/aromatic N) is 2. The van der Waals surface area contributed by atoms with Gasteiger partial charge in [0.15, 0.2) is 0 Å². The second kappa shape index (κ2) is 7.97. The second-order valence-corrected chi connectivity index (χ2v) is 7.44. The fraction of sp³-hybridized carbons (Fsp3) is 0.273. The zero-order chi connectivity index (χ0) is 18.6. The van der Waals surface area contributed by atoms with E-state index in [1.165, 1.54) is 11.3 Å².